The summed E-state index contributed by atoms with van der Waals surface area (Å²) in [6.07, 6.45) is 0.348. The first kappa shape index (κ1) is 15.6. The number of hydrazine groups is 1. The number of methoxy groups -OCH3 is 1. The number of hydrogen-bond acceptors (Lipinski definition) is 4. The summed E-state index contributed by atoms with van der Waals surface area (Å²) in [4.78, 5) is 0. The van der Waals surface area contributed by atoms with Crippen LogP contribution in [0.5, 0.6) is 5.75 Å². The SMILES string of the molecule is COc1ccc(Cl)cc1C(NN)C1C(C)OC(C)C1C. The highest BCUT2D eigenvalue weighted by Crippen LogP contribution is 2.43. The molecule has 0 spiro atoms. The van der Waals surface area contributed by atoms with E-state index in [2.05, 4.69) is 26.2 Å². The van der Waals surface area contributed by atoms with E-state index in [1.807, 2.05) is 18.2 Å². The fourth-order valence-corrected chi connectivity index (χ4v) is 3.41. The third-order valence-electron chi connectivity index (χ3n) is 4.41. The van der Waals surface area contributed by atoms with Crippen LogP contribution in [-0.2, 0) is 4.74 Å². The Bertz CT molecular complexity index is 469. The van der Waals surface area contributed by atoms with E-state index in [0.717, 1.165) is 11.3 Å². The molecule has 4 nitrogen and oxygen atoms in total. The number of halogens is 1. The van der Waals surface area contributed by atoms with E-state index < -0.39 is 0 Å². The number of ether oxygens (including phenoxy) is 2. The predicted octanol–water partition coefficient (Wildman–Crippen LogP) is 2.91. The van der Waals surface area contributed by atoms with Crippen LogP contribution in [0.3, 0.4) is 0 Å². The lowest BCUT2D eigenvalue weighted by atomic mass is 9.80. The Balaban J connectivity index is 2.40. The van der Waals surface area contributed by atoms with Gasteiger partial charge in [-0.25, -0.2) is 0 Å². The van der Waals surface area contributed by atoms with Gasteiger partial charge >= 0.3 is 0 Å². The van der Waals surface area contributed by atoms with E-state index in [1.54, 1.807) is 7.11 Å². The first-order valence-corrected chi connectivity index (χ1v) is 7.32. The fraction of sp³-hybridized carbons (Fsp3) is 0.600. The quantitative estimate of drug-likeness (QED) is 0.663. The van der Waals surface area contributed by atoms with Gasteiger partial charge < -0.3 is 9.47 Å². The summed E-state index contributed by atoms with van der Waals surface area (Å²) in [6, 6.07) is 5.54. The summed E-state index contributed by atoms with van der Waals surface area (Å²) in [5.41, 5.74) is 3.90. The third kappa shape index (κ3) is 2.79. The van der Waals surface area contributed by atoms with Crippen LogP contribution in [0.1, 0.15) is 32.4 Å². The lowest BCUT2D eigenvalue weighted by Crippen LogP contribution is -2.38. The van der Waals surface area contributed by atoms with Crippen molar-refractivity contribution < 1.29 is 9.47 Å². The lowest BCUT2D eigenvalue weighted by molar-refractivity contribution is 0.0474. The Kier molecular flexibility index (Phi) is 4.91. The second-order valence-electron chi connectivity index (χ2n) is 5.51. The molecule has 0 aromatic heterocycles. The number of benzene rings is 1. The van der Waals surface area contributed by atoms with E-state index in [9.17, 15) is 0 Å². The molecule has 1 fully saturated rings. The van der Waals surface area contributed by atoms with Gasteiger partial charge in [-0.1, -0.05) is 18.5 Å². The second-order valence-corrected chi connectivity index (χ2v) is 5.95. The summed E-state index contributed by atoms with van der Waals surface area (Å²) in [6.45, 7) is 6.39. The maximum atomic E-state index is 6.13. The van der Waals surface area contributed by atoms with E-state index in [4.69, 9.17) is 26.9 Å². The van der Waals surface area contributed by atoms with Crippen LogP contribution in [0.2, 0.25) is 5.02 Å². The largest absolute Gasteiger partial charge is 0.496 e. The zero-order valence-electron chi connectivity index (χ0n) is 12.4. The molecule has 1 heterocycles. The third-order valence-corrected chi connectivity index (χ3v) is 4.65. The molecule has 1 aromatic rings. The fourth-order valence-electron chi connectivity index (χ4n) is 3.22. The van der Waals surface area contributed by atoms with Gasteiger partial charge in [0.25, 0.3) is 0 Å². The topological polar surface area (TPSA) is 56.5 Å². The zero-order valence-corrected chi connectivity index (χ0v) is 13.1. The van der Waals surface area contributed by atoms with E-state index in [-0.39, 0.29) is 24.2 Å². The molecule has 112 valence electrons. The molecule has 0 radical (unpaired) electrons. The van der Waals surface area contributed by atoms with Crippen molar-refractivity contribution in [3.05, 3.63) is 28.8 Å². The van der Waals surface area contributed by atoms with Crippen molar-refractivity contribution in [2.75, 3.05) is 7.11 Å². The molecule has 0 bridgehead atoms. The summed E-state index contributed by atoms with van der Waals surface area (Å²) >= 11 is 6.13. The molecule has 2 rings (SSSR count). The second kappa shape index (κ2) is 6.31. The number of rotatable bonds is 4. The van der Waals surface area contributed by atoms with E-state index in [1.165, 1.54) is 0 Å². The van der Waals surface area contributed by atoms with Gasteiger partial charge in [0.05, 0.1) is 25.4 Å². The Morgan fingerprint density at radius 1 is 1.30 bits per heavy atom. The predicted molar refractivity (Wildman–Crippen MR) is 80.7 cm³/mol. The van der Waals surface area contributed by atoms with Crippen LogP contribution < -0.4 is 16.0 Å². The molecule has 5 unspecified atom stereocenters. The van der Waals surface area contributed by atoms with Crippen molar-refractivity contribution in [3.63, 3.8) is 0 Å². The summed E-state index contributed by atoms with van der Waals surface area (Å²) in [7, 11) is 1.65. The van der Waals surface area contributed by atoms with Gasteiger partial charge in [-0.15, -0.1) is 0 Å². The van der Waals surface area contributed by atoms with Gasteiger partial charge in [0, 0.05) is 16.5 Å². The number of nitrogens with two attached hydrogens (primary N) is 1. The van der Waals surface area contributed by atoms with Crippen LogP contribution in [0, 0.1) is 11.8 Å². The maximum absolute atomic E-state index is 6.13. The molecule has 20 heavy (non-hydrogen) atoms. The van der Waals surface area contributed by atoms with E-state index >= 15 is 0 Å². The highest BCUT2D eigenvalue weighted by Gasteiger charge is 2.42. The molecule has 0 saturated carbocycles. The minimum Gasteiger partial charge on any atom is -0.496 e. The summed E-state index contributed by atoms with van der Waals surface area (Å²) < 4.78 is 11.4. The smallest absolute Gasteiger partial charge is 0.123 e. The van der Waals surface area contributed by atoms with Crippen molar-refractivity contribution >= 4 is 11.6 Å². The maximum Gasteiger partial charge on any atom is 0.123 e. The monoisotopic (exact) mass is 298 g/mol. The molecule has 0 amide bonds. The highest BCUT2D eigenvalue weighted by atomic mass is 35.5. The average molecular weight is 299 g/mol. The Labute approximate surface area is 125 Å². The molecular formula is C15H23ClN2O2. The van der Waals surface area contributed by atoms with Crippen LogP contribution >= 0.6 is 11.6 Å². The van der Waals surface area contributed by atoms with Crippen LogP contribution in [0.4, 0.5) is 0 Å². The lowest BCUT2D eigenvalue weighted by Gasteiger charge is -2.29. The van der Waals surface area contributed by atoms with Crippen molar-refractivity contribution in [1.29, 1.82) is 0 Å². The number of hydrogen-bond donors (Lipinski definition) is 2. The van der Waals surface area contributed by atoms with Crippen molar-refractivity contribution in [3.8, 4) is 5.75 Å². The van der Waals surface area contributed by atoms with Crippen LogP contribution in [0.15, 0.2) is 18.2 Å². The van der Waals surface area contributed by atoms with Gasteiger partial charge in [0.15, 0.2) is 0 Å². The summed E-state index contributed by atoms with van der Waals surface area (Å²) in [5.74, 6) is 7.28. The van der Waals surface area contributed by atoms with Crippen molar-refractivity contribution in [2.24, 2.45) is 17.7 Å². The molecule has 0 aliphatic carbocycles. The first-order chi connectivity index (χ1) is 9.49. The molecule has 1 aliphatic rings. The Hall–Kier alpha value is -0.810. The van der Waals surface area contributed by atoms with E-state index in [0.29, 0.717) is 10.9 Å². The van der Waals surface area contributed by atoms with Gasteiger partial charge in [0.1, 0.15) is 5.75 Å². The van der Waals surface area contributed by atoms with Gasteiger partial charge in [-0.2, -0.15) is 0 Å². The molecule has 1 aliphatic heterocycles. The minimum atomic E-state index is -0.0569. The standard InChI is InChI=1S/C15H23ClN2O2/c1-8-9(2)20-10(3)14(8)15(18-17)12-7-11(16)5-6-13(12)19-4/h5-10,14-15,18H,17H2,1-4H3. The number of nitrogens with one attached hydrogen (secondary N) is 1. The Morgan fingerprint density at radius 3 is 2.50 bits per heavy atom. The molecule has 5 heteroatoms. The van der Waals surface area contributed by atoms with Crippen LogP contribution in [-0.4, -0.2) is 19.3 Å². The molecular weight excluding hydrogens is 276 g/mol. The zero-order chi connectivity index (χ0) is 14.9. The van der Waals surface area contributed by atoms with Crippen molar-refractivity contribution in [2.45, 2.75) is 39.0 Å². The molecule has 1 aromatic carbocycles. The minimum absolute atomic E-state index is 0.0569. The van der Waals surface area contributed by atoms with Crippen molar-refractivity contribution in [1.82, 2.24) is 5.43 Å². The molecule has 1 saturated heterocycles. The molecule has 3 N–H and O–H groups in total. The molecule has 5 atom stereocenters. The van der Waals surface area contributed by atoms with Gasteiger partial charge in [0.2, 0.25) is 0 Å². The van der Waals surface area contributed by atoms with Gasteiger partial charge in [-0.05, 0) is 38.0 Å². The highest BCUT2D eigenvalue weighted by molar-refractivity contribution is 6.30. The Morgan fingerprint density at radius 2 is 2.00 bits per heavy atom. The first-order valence-electron chi connectivity index (χ1n) is 6.94. The van der Waals surface area contributed by atoms with Crippen LogP contribution in [0.25, 0.3) is 0 Å². The summed E-state index contributed by atoms with van der Waals surface area (Å²) in [5, 5.41) is 0.674. The average Bonchev–Trinajstić information content (AvgIpc) is 2.67. The normalized spacial score (nSPS) is 31.3. The van der Waals surface area contributed by atoms with Gasteiger partial charge in [-0.3, -0.25) is 11.3 Å².